The molecule has 0 spiro atoms. The van der Waals surface area contributed by atoms with Crippen LogP contribution in [-0.4, -0.2) is 41.3 Å². The van der Waals surface area contributed by atoms with E-state index >= 15 is 0 Å². The molecule has 6 nitrogen and oxygen atoms in total. The van der Waals surface area contributed by atoms with Crippen LogP contribution < -0.4 is 10.9 Å². The molecule has 2 heterocycles. The predicted molar refractivity (Wildman–Crippen MR) is 91.2 cm³/mol. The normalized spacial score (nSPS) is 20.3. The monoisotopic (exact) mass is 417 g/mol. The second-order valence-electron chi connectivity index (χ2n) is 7.31. The second-order valence-corrected chi connectivity index (χ2v) is 7.31. The van der Waals surface area contributed by atoms with Gasteiger partial charge in [0.2, 0.25) is 0 Å². The highest BCUT2D eigenvalue weighted by atomic mass is 19.4. The van der Waals surface area contributed by atoms with E-state index in [4.69, 9.17) is 4.74 Å². The molecule has 1 unspecified atom stereocenters. The molecule has 4 rings (SSSR count). The first kappa shape index (κ1) is 19.6. The maximum Gasteiger partial charge on any atom is 0.411 e. The van der Waals surface area contributed by atoms with Crippen LogP contribution in [0.4, 0.5) is 26.7 Å². The summed E-state index contributed by atoms with van der Waals surface area (Å²) in [5.74, 6) is -2.39. The van der Waals surface area contributed by atoms with Crippen LogP contribution in [0.3, 0.4) is 0 Å². The van der Waals surface area contributed by atoms with E-state index in [1.807, 2.05) is 5.32 Å². The number of fused-ring (bicyclic) bond motifs is 3. The van der Waals surface area contributed by atoms with Gasteiger partial charge in [0, 0.05) is 18.3 Å². The molecule has 0 saturated heterocycles. The van der Waals surface area contributed by atoms with Crippen LogP contribution in [0.1, 0.15) is 30.1 Å². The number of benzene rings is 1. The SMILES string of the molecule is CN(C(=O)NC1(C(F)(F)F)CC1)C1COCc2[nH]c(=O)c3cc(F)c(F)cc3c21. The first-order chi connectivity index (χ1) is 13.5. The number of halogens is 5. The van der Waals surface area contributed by atoms with E-state index in [1.165, 1.54) is 7.05 Å². The van der Waals surface area contributed by atoms with Gasteiger partial charge in [-0.3, -0.25) is 4.79 Å². The van der Waals surface area contributed by atoms with Crippen molar-refractivity contribution in [3.05, 3.63) is 45.4 Å². The van der Waals surface area contributed by atoms with Gasteiger partial charge in [0.25, 0.3) is 5.56 Å². The number of nitrogens with one attached hydrogen (secondary N) is 2. The number of carbonyl (C=O) groups excluding carboxylic acids is 1. The minimum absolute atomic E-state index is 0.0437. The van der Waals surface area contributed by atoms with E-state index in [9.17, 15) is 31.5 Å². The molecule has 29 heavy (non-hydrogen) atoms. The number of nitrogens with zero attached hydrogens (tertiary/aromatic N) is 1. The zero-order valence-electron chi connectivity index (χ0n) is 15.1. The Bertz CT molecular complexity index is 1060. The highest BCUT2D eigenvalue weighted by molar-refractivity contribution is 5.87. The first-order valence-corrected chi connectivity index (χ1v) is 8.77. The number of hydrogen-bond acceptors (Lipinski definition) is 3. The summed E-state index contributed by atoms with van der Waals surface area (Å²) in [7, 11) is 1.28. The van der Waals surface area contributed by atoms with Crippen LogP contribution in [0, 0.1) is 11.6 Å². The number of urea groups is 1. The van der Waals surface area contributed by atoms with Crippen LogP contribution in [0.15, 0.2) is 16.9 Å². The van der Waals surface area contributed by atoms with Crippen LogP contribution in [0.2, 0.25) is 0 Å². The number of H-pyrrole nitrogens is 1. The molecule has 1 aromatic carbocycles. The van der Waals surface area contributed by atoms with E-state index in [2.05, 4.69) is 4.98 Å². The number of aromatic amines is 1. The molecule has 1 aliphatic carbocycles. The van der Waals surface area contributed by atoms with Crippen molar-refractivity contribution in [2.75, 3.05) is 13.7 Å². The smallest absolute Gasteiger partial charge is 0.373 e. The molecule has 2 aromatic rings. The van der Waals surface area contributed by atoms with Gasteiger partial charge in [-0.25, -0.2) is 13.6 Å². The third kappa shape index (κ3) is 3.13. The summed E-state index contributed by atoms with van der Waals surface area (Å²) in [6.07, 6.45) is -5.01. The fraction of sp³-hybridized carbons (Fsp3) is 0.444. The van der Waals surface area contributed by atoms with Gasteiger partial charge in [0.15, 0.2) is 11.6 Å². The Morgan fingerprint density at radius 2 is 1.86 bits per heavy atom. The molecule has 2 N–H and O–H groups in total. The summed E-state index contributed by atoms with van der Waals surface area (Å²) in [4.78, 5) is 28.3. The van der Waals surface area contributed by atoms with Crippen molar-refractivity contribution >= 4 is 16.8 Å². The molecule has 1 saturated carbocycles. The van der Waals surface area contributed by atoms with Crippen LogP contribution in [0.25, 0.3) is 10.8 Å². The van der Waals surface area contributed by atoms with Gasteiger partial charge in [0.1, 0.15) is 5.54 Å². The zero-order valence-corrected chi connectivity index (χ0v) is 15.1. The van der Waals surface area contributed by atoms with E-state index < -0.39 is 41.0 Å². The molecule has 1 aromatic heterocycles. The van der Waals surface area contributed by atoms with E-state index in [-0.39, 0.29) is 42.5 Å². The van der Waals surface area contributed by atoms with Crippen LogP contribution in [0.5, 0.6) is 0 Å². The van der Waals surface area contributed by atoms with Crippen molar-refractivity contribution in [1.82, 2.24) is 15.2 Å². The molecular weight excluding hydrogens is 401 g/mol. The average molecular weight is 417 g/mol. The summed E-state index contributed by atoms with van der Waals surface area (Å²) in [5, 5.41) is 1.96. The van der Waals surface area contributed by atoms with Gasteiger partial charge in [-0.1, -0.05) is 0 Å². The minimum Gasteiger partial charge on any atom is -0.373 e. The number of alkyl halides is 3. The number of hydrogen-bond donors (Lipinski definition) is 2. The Labute approximate surface area is 160 Å². The van der Waals surface area contributed by atoms with Crippen molar-refractivity contribution < 1.29 is 31.5 Å². The molecule has 0 bridgehead atoms. The summed E-state index contributed by atoms with van der Waals surface area (Å²) in [6, 6.07) is -0.296. The Morgan fingerprint density at radius 3 is 2.45 bits per heavy atom. The van der Waals surface area contributed by atoms with Crippen molar-refractivity contribution in [3.8, 4) is 0 Å². The van der Waals surface area contributed by atoms with Gasteiger partial charge < -0.3 is 19.9 Å². The third-order valence-electron chi connectivity index (χ3n) is 5.47. The maximum absolute atomic E-state index is 13.9. The minimum atomic E-state index is -4.58. The fourth-order valence-electron chi connectivity index (χ4n) is 3.59. The van der Waals surface area contributed by atoms with Crippen LogP contribution in [-0.2, 0) is 11.3 Å². The lowest BCUT2D eigenvalue weighted by atomic mass is 9.95. The standard InChI is InChI=1S/C18H16F5N3O3/c1-26(16(28)25-17(2-3-17)18(21,22)23)13-7-29-6-12-14(13)8-4-10(19)11(20)5-9(8)15(27)24-12/h4-5,13H,2-3,6-7H2,1H3,(H,24,27)(H,25,28). The zero-order chi connectivity index (χ0) is 21.1. The van der Waals surface area contributed by atoms with Gasteiger partial charge in [-0.05, 0) is 30.4 Å². The largest absolute Gasteiger partial charge is 0.411 e. The lowest BCUT2D eigenvalue weighted by Gasteiger charge is -2.35. The van der Waals surface area contributed by atoms with E-state index in [1.54, 1.807) is 0 Å². The van der Waals surface area contributed by atoms with E-state index in [0.29, 0.717) is 5.56 Å². The number of pyridine rings is 1. The summed E-state index contributed by atoms with van der Waals surface area (Å²) >= 11 is 0. The first-order valence-electron chi connectivity index (χ1n) is 8.77. The average Bonchev–Trinajstić information content (AvgIpc) is 3.43. The molecule has 156 valence electrons. The van der Waals surface area contributed by atoms with Crippen LogP contribution >= 0.6 is 0 Å². The molecule has 11 heteroatoms. The highest BCUT2D eigenvalue weighted by Crippen LogP contribution is 2.49. The molecule has 1 fully saturated rings. The van der Waals surface area contributed by atoms with E-state index in [0.717, 1.165) is 17.0 Å². The number of amides is 2. The number of ether oxygens (including phenoxy) is 1. The Morgan fingerprint density at radius 1 is 1.24 bits per heavy atom. The number of rotatable bonds is 2. The molecular formula is C18H16F5N3O3. The van der Waals surface area contributed by atoms with Crippen molar-refractivity contribution in [3.63, 3.8) is 0 Å². The Kier molecular flexibility index (Phi) is 4.34. The van der Waals surface area contributed by atoms with Crippen molar-refractivity contribution in [2.45, 2.75) is 37.2 Å². The Hall–Kier alpha value is -2.69. The maximum atomic E-state index is 13.9. The fourth-order valence-corrected chi connectivity index (χ4v) is 3.59. The predicted octanol–water partition coefficient (Wildman–Crippen LogP) is 3.11. The third-order valence-corrected chi connectivity index (χ3v) is 5.47. The lowest BCUT2D eigenvalue weighted by Crippen LogP contribution is -2.53. The molecule has 1 aliphatic heterocycles. The topological polar surface area (TPSA) is 74.4 Å². The number of likely N-dealkylation sites (N-methyl/N-ethyl adjacent to an activating group) is 1. The summed E-state index contributed by atoms with van der Waals surface area (Å²) in [6.45, 7) is -0.131. The quantitative estimate of drug-likeness (QED) is 0.738. The number of aromatic nitrogens is 1. The summed E-state index contributed by atoms with van der Waals surface area (Å²) in [5.41, 5.74) is -2.36. The van der Waals surface area contributed by atoms with Gasteiger partial charge in [-0.2, -0.15) is 13.2 Å². The lowest BCUT2D eigenvalue weighted by molar-refractivity contribution is -0.163. The van der Waals surface area contributed by atoms with Gasteiger partial charge >= 0.3 is 12.2 Å². The molecule has 2 amide bonds. The number of carbonyl (C=O) groups is 1. The highest BCUT2D eigenvalue weighted by Gasteiger charge is 2.64. The van der Waals surface area contributed by atoms with Crippen molar-refractivity contribution in [1.29, 1.82) is 0 Å². The molecule has 1 atom stereocenters. The van der Waals surface area contributed by atoms with Gasteiger partial charge in [0.05, 0.1) is 24.6 Å². The van der Waals surface area contributed by atoms with Gasteiger partial charge in [-0.15, -0.1) is 0 Å². The Balaban J connectivity index is 1.74. The second kappa shape index (κ2) is 6.41. The molecule has 2 aliphatic rings. The van der Waals surface area contributed by atoms with Crippen molar-refractivity contribution in [2.24, 2.45) is 0 Å². The summed E-state index contributed by atoms with van der Waals surface area (Å²) < 4.78 is 72.3. The molecule has 0 radical (unpaired) electrons.